The van der Waals surface area contributed by atoms with Crippen LogP contribution in [0.5, 0.6) is 0 Å². The van der Waals surface area contributed by atoms with Crippen LogP contribution in [-0.4, -0.2) is 15.6 Å². The van der Waals surface area contributed by atoms with Crippen LogP contribution in [-0.2, 0) is 4.84 Å². The molecule has 0 aromatic carbocycles. The van der Waals surface area contributed by atoms with Crippen molar-refractivity contribution in [2.75, 3.05) is 0 Å². The molecule has 1 aliphatic heterocycles. The monoisotopic (exact) mass is 178 g/mol. The fourth-order valence-electron chi connectivity index (χ4n) is 1.31. The van der Waals surface area contributed by atoms with Crippen LogP contribution in [0.15, 0.2) is 24.5 Å². The van der Waals surface area contributed by atoms with Crippen molar-refractivity contribution < 1.29 is 4.84 Å². The number of aromatic nitrogens is 1. The summed E-state index contributed by atoms with van der Waals surface area (Å²) in [6.07, 6.45) is 3.71. The number of nitrogens with zero attached hydrogens (tertiary/aromatic N) is 2. The van der Waals surface area contributed by atoms with Gasteiger partial charge in [0.1, 0.15) is 0 Å². The highest BCUT2D eigenvalue weighted by atomic mass is 16.8. The van der Waals surface area contributed by atoms with Gasteiger partial charge in [-0.2, -0.15) is 0 Å². The van der Waals surface area contributed by atoms with Gasteiger partial charge in [-0.25, -0.2) is 0 Å². The van der Waals surface area contributed by atoms with E-state index in [1.807, 2.05) is 17.2 Å². The van der Waals surface area contributed by atoms with Crippen LogP contribution in [0.3, 0.4) is 0 Å². The number of hydrogen-bond donors (Lipinski definition) is 0. The first kappa shape index (κ1) is 8.66. The van der Waals surface area contributed by atoms with Crippen molar-refractivity contribution in [1.29, 1.82) is 0 Å². The molecule has 0 spiro atoms. The maximum atomic E-state index is 5.47. The molecule has 0 amide bonds. The second kappa shape index (κ2) is 2.79. The molecule has 0 aliphatic carbocycles. The molecule has 1 aliphatic rings. The van der Waals surface area contributed by atoms with E-state index in [1.54, 1.807) is 12.4 Å². The zero-order valence-corrected chi connectivity index (χ0v) is 8.19. The number of hydroxylamine groups is 2. The van der Waals surface area contributed by atoms with Gasteiger partial charge in [-0.3, -0.25) is 9.82 Å². The summed E-state index contributed by atoms with van der Waals surface area (Å²) in [7, 11) is 0. The Bertz CT molecular complexity index is 292. The zero-order valence-electron chi connectivity index (χ0n) is 8.19. The minimum absolute atomic E-state index is 0.0773. The lowest BCUT2D eigenvalue weighted by Gasteiger charge is -2.16. The SMILES string of the molecule is CC(C)(C)N1OC1c1ccncc1. The molecule has 2 heterocycles. The van der Waals surface area contributed by atoms with Gasteiger partial charge in [0.25, 0.3) is 0 Å². The van der Waals surface area contributed by atoms with E-state index in [9.17, 15) is 0 Å². The van der Waals surface area contributed by atoms with Gasteiger partial charge in [0.15, 0.2) is 6.23 Å². The van der Waals surface area contributed by atoms with E-state index in [2.05, 4.69) is 25.8 Å². The third-order valence-corrected chi connectivity index (χ3v) is 2.03. The average molecular weight is 178 g/mol. The highest BCUT2D eigenvalue weighted by molar-refractivity contribution is 5.15. The summed E-state index contributed by atoms with van der Waals surface area (Å²) < 4.78 is 0. The van der Waals surface area contributed by atoms with E-state index in [4.69, 9.17) is 4.84 Å². The third-order valence-electron chi connectivity index (χ3n) is 2.03. The smallest absolute Gasteiger partial charge is 0.180 e. The van der Waals surface area contributed by atoms with Crippen molar-refractivity contribution in [3.8, 4) is 0 Å². The Labute approximate surface area is 78.3 Å². The van der Waals surface area contributed by atoms with Crippen molar-refractivity contribution in [3.05, 3.63) is 30.1 Å². The van der Waals surface area contributed by atoms with Crippen molar-refractivity contribution in [2.45, 2.75) is 32.5 Å². The predicted molar refractivity (Wildman–Crippen MR) is 49.7 cm³/mol. The Morgan fingerprint density at radius 3 is 2.38 bits per heavy atom. The van der Waals surface area contributed by atoms with Crippen LogP contribution in [0.4, 0.5) is 0 Å². The second-order valence-corrected chi connectivity index (χ2v) is 4.23. The van der Waals surface area contributed by atoms with Gasteiger partial charge in [0, 0.05) is 23.5 Å². The Balaban J connectivity index is 2.09. The average Bonchev–Trinajstić information content (AvgIpc) is 2.83. The third kappa shape index (κ3) is 1.71. The summed E-state index contributed by atoms with van der Waals surface area (Å²) in [5.41, 5.74) is 1.25. The van der Waals surface area contributed by atoms with Crippen LogP contribution in [0, 0.1) is 0 Å². The Hall–Kier alpha value is -0.930. The minimum Gasteiger partial charge on any atom is -0.269 e. The molecular formula is C10H14N2O. The lowest BCUT2D eigenvalue weighted by atomic mass is 10.1. The molecule has 70 valence electrons. The maximum Gasteiger partial charge on any atom is 0.180 e. The first-order chi connectivity index (χ1) is 6.09. The summed E-state index contributed by atoms with van der Waals surface area (Å²) in [4.78, 5) is 9.44. The van der Waals surface area contributed by atoms with Gasteiger partial charge in [0.2, 0.25) is 0 Å². The zero-order chi connectivity index (χ0) is 9.47. The predicted octanol–water partition coefficient (Wildman–Crippen LogP) is 2.13. The van der Waals surface area contributed by atoms with Crippen LogP contribution in [0.1, 0.15) is 32.6 Å². The molecular weight excluding hydrogens is 164 g/mol. The molecule has 3 heteroatoms. The fraction of sp³-hybridized carbons (Fsp3) is 0.500. The molecule has 0 N–H and O–H groups in total. The summed E-state index contributed by atoms with van der Waals surface area (Å²) in [5, 5.41) is 1.99. The van der Waals surface area contributed by atoms with Gasteiger partial charge in [0.05, 0.1) is 0 Å². The van der Waals surface area contributed by atoms with E-state index in [0.717, 1.165) is 0 Å². The lowest BCUT2D eigenvalue weighted by molar-refractivity contribution is 0.101. The van der Waals surface area contributed by atoms with Crippen molar-refractivity contribution >= 4 is 0 Å². The fourth-order valence-corrected chi connectivity index (χ4v) is 1.31. The van der Waals surface area contributed by atoms with Crippen molar-refractivity contribution in [1.82, 2.24) is 10.0 Å². The molecule has 0 bridgehead atoms. The second-order valence-electron chi connectivity index (χ2n) is 4.23. The van der Waals surface area contributed by atoms with E-state index in [0.29, 0.717) is 0 Å². The first-order valence-corrected chi connectivity index (χ1v) is 4.45. The topological polar surface area (TPSA) is 28.4 Å². The summed E-state index contributed by atoms with van der Waals surface area (Å²) in [6, 6.07) is 3.97. The van der Waals surface area contributed by atoms with Crippen LogP contribution >= 0.6 is 0 Å². The van der Waals surface area contributed by atoms with Crippen LogP contribution in [0.2, 0.25) is 0 Å². The lowest BCUT2D eigenvalue weighted by Crippen LogP contribution is -2.25. The van der Waals surface area contributed by atoms with Gasteiger partial charge in [-0.15, -0.1) is 5.06 Å². The van der Waals surface area contributed by atoms with Gasteiger partial charge < -0.3 is 0 Å². The molecule has 1 fully saturated rings. The molecule has 2 atom stereocenters. The molecule has 2 unspecified atom stereocenters. The highest BCUT2D eigenvalue weighted by Gasteiger charge is 2.45. The van der Waals surface area contributed by atoms with Crippen molar-refractivity contribution in [3.63, 3.8) is 0 Å². The number of pyridine rings is 1. The largest absolute Gasteiger partial charge is 0.269 e. The van der Waals surface area contributed by atoms with Gasteiger partial charge in [-0.1, -0.05) is 0 Å². The van der Waals surface area contributed by atoms with Crippen LogP contribution < -0.4 is 0 Å². The van der Waals surface area contributed by atoms with E-state index >= 15 is 0 Å². The molecule has 2 rings (SSSR count). The van der Waals surface area contributed by atoms with E-state index < -0.39 is 0 Å². The molecule has 0 radical (unpaired) electrons. The van der Waals surface area contributed by atoms with Gasteiger partial charge >= 0.3 is 0 Å². The Morgan fingerprint density at radius 1 is 1.31 bits per heavy atom. The van der Waals surface area contributed by atoms with E-state index in [1.165, 1.54) is 5.56 Å². The van der Waals surface area contributed by atoms with Crippen molar-refractivity contribution in [2.24, 2.45) is 0 Å². The van der Waals surface area contributed by atoms with Gasteiger partial charge in [-0.05, 0) is 32.9 Å². The molecule has 1 saturated heterocycles. The summed E-state index contributed by atoms with van der Waals surface area (Å²) in [5.74, 6) is 0. The molecule has 0 saturated carbocycles. The number of rotatable bonds is 1. The quantitative estimate of drug-likeness (QED) is 0.617. The Kier molecular flexibility index (Phi) is 1.86. The highest BCUT2D eigenvalue weighted by Crippen LogP contribution is 2.42. The molecule has 3 nitrogen and oxygen atoms in total. The van der Waals surface area contributed by atoms with Crippen LogP contribution in [0.25, 0.3) is 0 Å². The standard InChI is InChI=1S/C10H14N2O/c1-10(2,3)12-9(13-12)8-4-6-11-7-5-8/h4-7,9H,1-3H3. The molecule has 1 aromatic rings. The summed E-state index contributed by atoms with van der Waals surface area (Å²) in [6.45, 7) is 6.40. The minimum atomic E-state index is 0.0773. The summed E-state index contributed by atoms with van der Waals surface area (Å²) >= 11 is 0. The first-order valence-electron chi connectivity index (χ1n) is 4.45. The molecule has 1 aromatic heterocycles. The van der Waals surface area contributed by atoms with E-state index in [-0.39, 0.29) is 11.8 Å². The number of hydrogen-bond acceptors (Lipinski definition) is 3. The Morgan fingerprint density at radius 2 is 1.92 bits per heavy atom. The molecule has 13 heavy (non-hydrogen) atoms. The maximum absolute atomic E-state index is 5.47. The normalized spacial score (nSPS) is 27.3.